The molecule has 0 bridgehead atoms. The maximum atomic E-state index is 12.0. The second-order valence-electron chi connectivity index (χ2n) is 10.5. The highest BCUT2D eigenvalue weighted by molar-refractivity contribution is 7.16. The smallest absolute Gasteiger partial charge is 0.307 e. The summed E-state index contributed by atoms with van der Waals surface area (Å²) in [7, 11) is 0. The van der Waals surface area contributed by atoms with E-state index in [0.717, 1.165) is 35.0 Å². The van der Waals surface area contributed by atoms with E-state index in [-0.39, 0.29) is 23.2 Å². The third-order valence-corrected chi connectivity index (χ3v) is 8.05. The summed E-state index contributed by atoms with van der Waals surface area (Å²) in [6.45, 7) is 3.69. The van der Waals surface area contributed by atoms with Gasteiger partial charge in [-0.15, -0.1) is 0 Å². The van der Waals surface area contributed by atoms with E-state index in [0.29, 0.717) is 25.4 Å². The number of aliphatic carboxylic acids is 1. The molecule has 2 aliphatic rings. The number of nitrogens with one attached hydrogen (secondary N) is 2. The van der Waals surface area contributed by atoms with Crippen molar-refractivity contribution in [2.45, 2.75) is 64.5 Å². The van der Waals surface area contributed by atoms with Crippen molar-refractivity contribution >= 4 is 39.3 Å². The minimum Gasteiger partial charge on any atom is -0.481 e. The number of amides is 2. The summed E-state index contributed by atoms with van der Waals surface area (Å²) in [5, 5.41) is 11.7. The Bertz CT molecular complexity index is 1330. The average molecular weight is 595 g/mol. The minimum absolute atomic E-state index is 0.0150. The molecule has 3 aromatic rings. The molecule has 2 aromatic carbocycles. The van der Waals surface area contributed by atoms with Crippen molar-refractivity contribution in [3.05, 3.63) is 82.0 Å². The van der Waals surface area contributed by atoms with Gasteiger partial charge in [-0.3, -0.25) is 19.2 Å². The lowest BCUT2D eigenvalue weighted by Gasteiger charge is -2.22. The van der Waals surface area contributed by atoms with Gasteiger partial charge in [0.1, 0.15) is 6.04 Å². The van der Waals surface area contributed by atoms with Gasteiger partial charge in [-0.25, -0.2) is 0 Å². The van der Waals surface area contributed by atoms with Gasteiger partial charge < -0.3 is 26.0 Å². The van der Waals surface area contributed by atoms with Gasteiger partial charge in [-0.1, -0.05) is 85.7 Å². The molecule has 5 rings (SSSR count). The molecule has 5 N–H and O–H groups in total. The number of carboxylic acids is 1. The average Bonchev–Trinajstić information content (AvgIpc) is 3.40. The lowest BCUT2D eigenvalue weighted by atomic mass is 10.2. The largest absolute Gasteiger partial charge is 0.481 e. The standard InChI is InChI=1S/C14H19N3O2.C11H18O2.C7H5NOS/c15-14(19)12-7-4-8-17(12)13(18)10-16-9-11-5-2-1-3-6-11;1-2-3-4-5-6-7-9-8-10(9)11(12)13;9-7-8-5-3-1-2-4-6(5)10-7/h1-3,5-6,12,16H,4,7-10H2,(H2,15,19);6-7,9-10H,2-5,8H2,1H3,(H,12,13);1-4H,(H,8,9)/b;7-6-;. The molecular weight excluding hydrogens is 552 g/mol. The number of carbonyl (C=O) groups is 3. The Morgan fingerprint density at radius 1 is 1.12 bits per heavy atom. The number of rotatable bonds is 11. The predicted octanol–water partition coefficient (Wildman–Crippen LogP) is 4.69. The van der Waals surface area contributed by atoms with Gasteiger partial charge >= 0.3 is 10.8 Å². The summed E-state index contributed by atoms with van der Waals surface area (Å²) in [4.78, 5) is 48.8. The van der Waals surface area contributed by atoms with Crippen molar-refractivity contribution in [1.29, 1.82) is 0 Å². The number of aromatic amines is 1. The van der Waals surface area contributed by atoms with Crippen molar-refractivity contribution in [1.82, 2.24) is 15.2 Å². The molecule has 2 fully saturated rings. The Morgan fingerprint density at radius 3 is 2.52 bits per heavy atom. The van der Waals surface area contributed by atoms with Gasteiger partial charge in [0.05, 0.1) is 22.7 Å². The van der Waals surface area contributed by atoms with Crippen molar-refractivity contribution in [3.63, 3.8) is 0 Å². The number of hydrogen-bond acceptors (Lipinski definition) is 6. The predicted molar refractivity (Wildman–Crippen MR) is 167 cm³/mol. The van der Waals surface area contributed by atoms with Gasteiger partial charge in [0.15, 0.2) is 0 Å². The number of primary amides is 1. The van der Waals surface area contributed by atoms with Crippen LogP contribution in [0.4, 0.5) is 0 Å². The molecule has 1 aliphatic heterocycles. The first kappa shape index (κ1) is 32.8. The zero-order valence-corrected chi connectivity index (χ0v) is 25.0. The van der Waals surface area contributed by atoms with Crippen LogP contribution in [-0.4, -0.2) is 51.9 Å². The highest BCUT2D eigenvalue weighted by Crippen LogP contribution is 2.39. The van der Waals surface area contributed by atoms with Crippen LogP contribution in [0, 0.1) is 11.8 Å². The Balaban J connectivity index is 0.000000183. The minimum atomic E-state index is -0.636. The number of aromatic nitrogens is 1. The van der Waals surface area contributed by atoms with Crippen molar-refractivity contribution in [3.8, 4) is 0 Å². The van der Waals surface area contributed by atoms with Crippen LogP contribution in [0.25, 0.3) is 10.2 Å². The molecular formula is C32H42N4O5S. The zero-order chi connectivity index (χ0) is 30.3. The van der Waals surface area contributed by atoms with E-state index >= 15 is 0 Å². The second-order valence-corrected chi connectivity index (χ2v) is 11.5. The first-order valence-electron chi connectivity index (χ1n) is 14.6. The molecule has 1 aliphatic carbocycles. The Hall–Kier alpha value is -3.76. The van der Waals surface area contributed by atoms with E-state index in [9.17, 15) is 19.2 Å². The summed E-state index contributed by atoms with van der Waals surface area (Å²) < 4.78 is 1.02. The van der Waals surface area contributed by atoms with E-state index in [4.69, 9.17) is 10.8 Å². The normalized spacial score (nSPS) is 19.1. The van der Waals surface area contributed by atoms with Crippen LogP contribution in [0.2, 0.25) is 0 Å². The van der Waals surface area contributed by atoms with Gasteiger partial charge in [0.25, 0.3) is 0 Å². The maximum absolute atomic E-state index is 12.0. The van der Waals surface area contributed by atoms with Gasteiger partial charge in [-0.2, -0.15) is 0 Å². The molecule has 1 saturated heterocycles. The number of benzene rings is 2. The quantitative estimate of drug-likeness (QED) is 0.187. The zero-order valence-electron chi connectivity index (χ0n) is 24.2. The van der Waals surface area contributed by atoms with Crippen LogP contribution in [0.5, 0.6) is 0 Å². The van der Waals surface area contributed by atoms with Crippen molar-refractivity contribution in [2.24, 2.45) is 17.6 Å². The fourth-order valence-corrected chi connectivity index (χ4v) is 5.50. The highest BCUT2D eigenvalue weighted by atomic mass is 32.1. The summed E-state index contributed by atoms with van der Waals surface area (Å²) in [5.41, 5.74) is 7.35. The van der Waals surface area contributed by atoms with Crippen LogP contribution in [0.3, 0.4) is 0 Å². The molecule has 0 spiro atoms. The molecule has 2 amide bonds. The van der Waals surface area contributed by atoms with Crippen molar-refractivity contribution < 1.29 is 19.5 Å². The first-order valence-corrected chi connectivity index (χ1v) is 15.4. The van der Waals surface area contributed by atoms with Gasteiger partial charge in [0, 0.05) is 13.1 Å². The number of H-pyrrole nitrogens is 1. The highest BCUT2D eigenvalue weighted by Gasteiger charge is 2.40. The van der Waals surface area contributed by atoms with E-state index in [1.807, 2.05) is 54.6 Å². The molecule has 0 radical (unpaired) electrons. The second kappa shape index (κ2) is 17.3. The number of para-hydroxylation sites is 1. The fraction of sp³-hybridized carbons (Fsp3) is 0.438. The molecule has 226 valence electrons. The molecule has 1 saturated carbocycles. The molecule has 1 aromatic heterocycles. The maximum Gasteiger partial charge on any atom is 0.307 e. The summed E-state index contributed by atoms with van der Waals surface area (Å²) in [5.74, 6) is -0.851. The number of unbranched alkanes of at least 4 members (excludes halogenated alkanes) is 3. The number of nitrogens with zero attached hydrogens (tertiary/aromatic N) is 1. The molecule has 3 atom stereocenters. The van der Waals surface area contributed by atoms with Crippen LogP contribution in [-0.2, 0) is 20.9 Å². The fourth-order valence-electron chi connectivity index (χ4n) is 4.76. The number of nitrogens with two attached hydrogens (primary N) is 1. The van der Waals surface area contributed by atoms with Crippen LogP contribution < -0.4 is 15.9 Å². The Kier molecular flexibility index (Phi) is 13.5. The first-order chi connectivity index (χ1) is 20.3. The molecule has 2 heterocycles. The van der Waals surface area contributed by atoms with E-state index in [2.05, 4.69) is 29.4 Å². The monoisotopic (exact) mass is 594 g/mol. The number of carbonyl (C=O) groups excluding carboxylic acids is 2. The number of fused-ring (bicyclic) bond motifs is 1. The lowest BCUT2D eigenvalue weighted by Crippen LogP contribution is -2.46. The summed E-state index contributed by atoms with van der Waals surface area (Å²) in [6.07, 6.45) is 11.5. The third-order valence-electron chi connectivity index (χ3n) is 7.19. The van der Waals surface area contributed by atoms with Gasteiger partial charge in [0.2, 0.25) is 11.8 Å². The Labute approximate surface area is 250 Å². The summed E-state index contributed by atoms with van der Waals surface area (Å²) >= 11 is 1.24. The number of carboxylic acid groups (broad SMARTS) is 1. The molecule has 10 heteroatoms. The molecule has 42 heavy (non-hydrogen) atoms. The topological polar surface area (TPSA) is 146 Å². The SMILES string of the molecule is CCCCC/C=C\C1CC1C(=O)O.NC(=O)C1CCCN1C(=O)CNCc1ccccc1.O=c1[nH]c2ccccc2s1. The molecule has 3 unspecified atom stereocenters. The van der Waals surface area contributed by atoms with Crippen LogP contribution in [0.1, 0.15) is 57.4 Å². The Morgan fingerprint density at radius 2 is 1.86 bits per heavy atom. The van der Waals surface area contributed by atoms with Crippen molar-refractivity contribution in [2.75, 3.05) is 13.1 Å². The number of allylic oxidation sites excluding steroid dienone is 2. The van der Waals surface area contributed by atoms with E-state index in [1.165, 1.54) is 30.6 Å². The summed E-state index contributed by atoms with van der Waals surface area (Å²) in [6, 6.07) is 17.1. The van der Waals surface area contributed by atoms with E-state index < -0.39 is 17.9 Å². The third kappa shape index (κ3) is 10.9. The van der Waals surface area contributed by atoms with Crippen LogP contribution in [0.15, 0.2) is 71.5 Å². The molecule has 9 nitrogen and oxygen atoms in total. The lowest BCUT2D eigenvalue weighted by molar-refractivity contribution is -0.138. The number of thiazole rings is 1. The number of likely N-dealkylation sites (tertiary alicyclic amines) is 1. The van der Waals surface area contributed by atoms with Crippen LogP contribution >= 0.6 is 11.3 Å². The van der Waals surface area contributed by atoms with E-state index in [1.54, 1.807) is 4.90 Å². The van der Waals surface area contributed by atoms with Gasteiger partial charge in [-0.05, 0) is 55.7 Å². The number of hydrogen-bond donors (Lipinski definition) is 4.